The van der Waals surface area contributed by atoms with Gasteiger partial charge in [-0.25, -0.2) is 4.79 Å². The van der Waals surface area contributed by atoms with Crippen molar-refractivity contribution in [1.82, 2.24) is 0 Å². The molecule has 1 N–H and O–H groups in total. The summed E-state index contributed by atoms with van der Waals surface area (Å²) >= 11 is 7.28. The number of aryl methyl sites for hydroxylation is 1. The summed E-state index contributed by atoms with van der Waals surface area (Å²) in [6.07, 6.45) is 3.08. The lowest BCUT2D eigenvalue weighted by molar-refractivity contribution is -0.111. The standard InChI is InChI=1S/C31H28ClNO5S/c1-4-37-31(35)29-28(23-8-6-5-7-9-23)20(2)39-30(29)33-27(34)17-13-21-12-16-25(26(18-21)36-3)38-19-22-10-14-24(32)15-11-22/h5-18H,4,19H2,1-3H3,(H,33,34). The van der Waals surface area contributed by atoms with E-state index in [1.54, 1.807) is 32.2 Å². The summed E-state index contributed by atoms with van der Waals surface area (Å²) in [5.41, 5.74) is 3.73. The first kappa shape index (κ1) is 28.0. The Balaban J connectivity index is 1.50. The van der Waals surface area contributed by atoms with Gasteiger partial charge in [-0.3, -0.25) is 4.79 Å². The number of benzene rings is 3. The van der Waals surface area contributed by atoms with Crippen LogP contribution in [0.5, 0.6) is 11.5 Å². The summed E-state index contributed by atoms with van der Waals surface area (Å²) in [7, 11) is 1.56. The number of thiophene rings is 1. The van der Waals surface area contributed by atoms with E-state index < -0.39 is 5.97 Å². The van der Waals surface area contributed by atoms with E-state index in [1.165, 1.54) is 17.4 Å². The molecule has 0 aliphatic heterocycles. The van der Waals surface area contributed by atoms with Gasteiger partial charge in [0.1, 0.15) is 17.2 Å². The number of carbonyl (C=O) groups excluding carboxylic acids is 2. The van der Waals surface area contributed by atoms with Gasteiger partial charge in [-0.05, 0) is 60.9 Å². The van der Waals surface area contributed by atoms with E-state index >= 15 is 0 Å². The van der Waals surface area contributed by atoms with Crippen LogP contribution < -0.4 is 14.8 Å². The quantitative estimate of drug-likeness (QED) is 0.158. The number of hydrogen-bond acceptors (Lipinski definition) is 6. The van der Waals surface area contributed by atoms with Gasteiger partial charge in [0.25, 0.3) is 0 Å². The maximum absolute atomic E-state index is 12.9. The van der Waals surface area contributed by atoms with Crippen molar-refractivity contribution in [1.29, 1.82) is 0 Å². The zero-order chi connectivity index (χ0) is 27.8. The third-order valence-electron chi connectivity index (χ3n) is 5.79. The lowest BCUT2D eigenvalue weighted by Crippen LogP contribution is -2.12. The van der Waals surface area contributed by atoms with Crippen molar-refractivity contribution < 1.29 is 23.8 Å². The van der Waals surface area contributed by atoms with Crippen LogP contribution in [0.4, 0.5) is 5.00 Å². The van der Waals surface area contributed by atoms with Crippen LogP contribution in [0.25, 0.3) is 17.2 Å². The minimum Gasteiger partial charge on any atom is -0.493 e. The molecule has 0 fully saturated rings. The van der Waals surface area contributed by atoms with Gasteiger partial charge >= 0.3 is 5.97 Å². The molecule has 0 aliphatic rings. The Morgan fingerprint density at radius 3 is 2.44 bits per heavy atom. The molecule has 8 heteroatoms. The molecule has 0 radical (unpaired) electrons. The van der Waals surface area contributed by atoms with Crippen molar-refractivity contribution in [2.75, 3.05) is 19.0 Å². The number of hydrogen-bond donors (Lipinski definition) is 1. The molecule has 3 aromatic carbocycles. The molecular formula is C31H28ClNO5S. The van der Waals surface area contributed by atoms with Crippen molar-refractivity contribution in [3.8, 4) is 22.6 Å². The molecule has 4 aromatic rings. The first-order valence-corrected chi connectivity index (χ1v) is 13.5. The van der Waals surface area contributed by atoms with Gasteiger partial charge in [0.05, 0.1) is 13.7 Å². The van der Waals surface area contributed by atoms with Gasteiger partial charge < -0.3 is 19.5 Å². The van der Waals surface area contributed by atoms with Crippen LogP contribution in [0.2, 0.25) is 5.02 Å². The molecule has 1 aromatic heterocycles. The molecule has 6 nitrogen and oxygen atoms in total. The maximum Gasteiger partial charge on any atom is 0.341 e. The summed E-state index contributed by atoms with van der Waals surface area (Å²) in [4.78, 5) is 26.7. The molecule has 0 aliphatic carbocycles. The van der Waals surface area contributed by atoms with Crippen LogP contribution in [0.3, 0.4) is 0 Å². The van der Waals surface area contributed by atoms with Gasteiger partial charge in [-0.1, -0.05) is 60.1 Å². The van der Waals surface area contributed by atoms with Crippen LogP contribution in [0.15, 0.2) is 78.9 Å². The van der Waals surface area contributed by atoms with Crippen molar-refractivity contribution >= 4 is 45.9 Å². The van der Waals surface area contributed by atoms with Crippen LogP contribution >= 0.6 is 22.9 Å². The van der Waals surface area contributed by atoms with E-state index in [1.807, 2.05) is 67.6 Å². The highest BCUT2D eigenvalue weighted by molar-refractivity contribution is 7.17. The van der Waals surface area contributed by atoms with Crippen LogP contribution in [-0.4, -0.2) is 25.6 Å². The number of esters is 1. The number of halogens is 1. The van der Waals surface area contributed by atoms with E-state index in [4.69, 9.17) is 25.8 Å². The number of rotatable bonds is 10. The average Bonchev–Trinajstić information content (AvgIpc) is 3.27. The largest absolute Gasteiger partial charge is 0.493 e. The first-order valence-electron chi connectivity index (χ1n) is 12.3. The van der Waals surface area contributed by atoms with Crippen LogP contribution in [0, 0.1) is 6.92 Å². The topological polar surface area (TPSA) is 73.9 Å². The van der Waals surface area contributed by atoms with Crippen LogP contribution in [0.1, 0.15) is 33.3 Å². The normalized spacial score (nSPS) is 10.9. The number of anilines is 1. The second kappa shape index (κ2) is 13.1. The van der Waals surface area contributed by atoms with E-state index in [-0.39, 0.29) is 12.5 Å². The minimum atomic E-state index is -0.473. The summed E-state index contributed by atoms with van der Waals surface area (Å²) in [6.45, 7) is 4.27. The summed E-state index contributed by atoms with van der Waals surface area (Å²) < 4.78 is 16.7. The zero-order valence-electron chi connectivity index (χ0n) is 21.8. The molecular weight excluding hydrogens is 534 g/mol. The predicted octanol–water partition coefficient (Wildman–Crippen LogP) is 7.79. The second-order valence-corrected chi connectivity index (χ2v) is 10.1. The monoisotopic (exact) mass is 561 g/mol. The van der Waals surface area contributed by atoms with Gasteiger partial charge in [-0.2, -0.15) is 0 Å². The summed E-state index contributed by atoms with van der Waals surface area (Å²) in [5.74, 6) is 0.274. The molecule has 0 bridgehead atoms. The van der Waals surface area contributed by atoms with Crippen molar-refractivity contribution in [2.24, 2.45) is 0 Å². The van der Waals surface area contributed by atoms with Crippen molar-refractivity contribution in [2.45, 2.75) is 20.5 Å². The number of nitrogens with one attached hydrogen (secondary N) is 1. The van der Waals surface area contributed by atoms with E-state index in [0.717, 1.165) is 27.1 Å². The van der Waals surface area contributed by atoms with E-state index in [0.29, 0.717) is 33.7 Å². The molecule has 39 heavy (non-hydrogen) atoms. The third-order valence-corrected chi connectivity index (χ3v) is 7.06. The molecule has 0 spiro atoms. The lowest BCUT2D eigenvalue weighted by Gasteiger charge is -2.11. The number of ether oxygens (including phenoxy) is 3. The Labute approximate surface area is 236 Å². The smallest absolute Gasteiger partial charge is 0.341 e. The Hall–Kier alpha value is -4.07. The minimum absolute atomic E-state index is 0.233. The fourth-order valence-corrected chi connectivity index (χ4v) is 5.15. The molecule has 0 saturated heterocycles. The molecule has 0 atom stereocenters. The Kier molecular flexibility index (Phi) is 9.41. The number of methoxy groups -OCH3 is 1. The van der Waals surface area contributed by atoms with Gasteiger partial charge in [0.2, 0.25) is 5.91 Å². The highest BCUT2D eigenvalue weighted by atomic mass is 35.5. The van der Waals surface area contributed by atoms with Crippen molar-refractivity contribution in [3.05, 3.63) is 105 Å². The molecule has 0 saturated carbocycles. The van der Waals surface area contributed by atoms with E-state index in [2.05, 4.69) is 5.32 Å². The van der Waals surface area contributed by atoms with Crippen LogP contribution in [-0.2, 0) is 16.1 Å². The van der Waals surface area contributed by atoms with E-state index in [9.17, 15) is 9.59 Å². The van der Waals surface area contributed by atoms with Gasteiger partial charge in [0, 0.05) is 21.5 Å². The zero-order valence-corrected chi connectivity index (χ0v) is 23.4. The summed E-state index contributed by atoms with van der Waals surface area (Å²) in [5, 5.41) is 3.97. The predicted molar refractivity (Wildman–Crippen MR) is 157 cm³/mol. The van der Waals surface area contributed by atoms with Gasteiger partial charge in [-0.15, -0.1) is 11.3 Å². The number of carbonyl (C=O) groups is 2. The number of amides is 1. The highest BCUT2D eigenvalue weighted by Crippen LogP contribution is 2.40. The molecule has 4 rings (SSSR count). The average molecular weight is 562 g/mol. The lowest BCUT2D eigenvalue weighted by atomic mass is 10.0. The third kappa shape index (κ3) is 7.07. The fourth-order valence-electron chi connectivity index (χ4n) is 3.96. The maximum atomic E-state index is 12.9. The first-order chi connectivity index (χ1) is 18.9. The molecule has 1 amide bonds. The highest BCUT2D eigenvalue weighted by Gasteiger charge is 2.25. The molecule has 0 unspecified atom stereocenters. The Morgan fingerprint density at radius 1 is 1.00 bits per heavy atom. The SMILES string of the molecule is CCOC(=O)c1c(NC(=O)C=Cc2ccc(OCc3ccc(Cl)cc3)c(OC)c2)sc(C)c1-c1ccccc1. The van der Waals surface area contributed by atoms with Gasteiger partial charge in [0.15, 0.2) is 11.5 Å². The Morgan fingerprint density at radius 2 is 1.74 bits per heavy atom. The molecule has 200 valence electrons. The van der Waals surface area contributed by atoms with Crippen molar-refractivity contribution in [3.63, 3.8) is 0 Å². The Bertz CT molecular complexity index is 1480. The molecule has 1 heterocycles. The fraction of sp³-hybridized carbons (Fsp3) is 0.161. The summed E-state index contributed by atoms with van der Waals surface area (Å²) in [6, 6.07) is 22.4. The second-order valence-electron chi connectivity index (χ2n) is 8.47.